The molecule has 19 heavy (non-hydrogen) atoms. The predicted octanol–water partition coefficient (Wildman–Crippen LogP) is 4.44. The van der Waals surface area contributed by atoms with E-state index in [9.17, 15) is 0 Å². The molecule has 1 heterocycles. The Morgan fingerprint density at radius 1 is 0.947 bits per heavy atom. The van der Waals surface area contributed by atoms with E-state index in [2.05, 4.69) is 4.98 Å². The van der Waals surface area contributed by atoms with Gasteiger partial charge in [-0.2, -0.15) is 0 Å². The quantitative estimate of drug-likeness (QED) is 0.690. The molecule has 0 saturated carbocycles. The molecule has 0 unspecified atom stereocenters. The van der Waals surface area contributed by atoms with Gasteiger partial charge in [0.05, 0.1) is 11.8 Å². The third kappa shape index (κ3) is 2.50. The lowest BCUT2D eigenvalue weighted by Crippen LogP contribution is -1.87. The van der Waals surface area contributed by atoms with Crippen LogP contribution in [0.5, 0.6) is 11.5 Å². The van der Waals surface area contributed by atoms with Crippen LogP contribution in [0.4, 0.5) is 0 Å². The van der Waals surface area contributed by atoms with E-state index in [-0.39, 0.29) is 0 Å². The molecule has 0 spiro atoms. The molecule has 0 fully saturated rings. The Balaban J connectivity index is 1.98. The highest BCUT2D eigenvalue weighted by molar-refractivity contribution is 5.63. The second kappa shape index (κ2) is 4.98. The summed E-state index contributed by atoms with van der Waals surface area (Å²) in [4.78, 5) is 4.24. The van der Waals surface area contributed by atoms with Crippen molar-refractivity contribution >= 4 is 0 Å². The van der Waals surface area contributed by atoms with Gasteiger partial charge in [-0.3, -0.25) is 0 Å². The molecule has 0 aliphatic heterocycles. The van der Waals surface area contributed by atoms with Gasteiger partial charge in [-0.25, -0.2) is 4.98 Å². The summed E-state index contributed by atoms with van der Waals surface area (Å²) >= 11 is 0. The molecule has 0 amide bonds. The first-order chi connectivity index (χ1) is 9.33. The summed E-state index contributed by atoms with van der Waals surface area (Å²) in [7, 11) is 0. The average Bonchev–Trinajstić information content (AvgIpc) is 2.87. The summed E-state index contributed by atoms with van der Waals surface area (Å²) in [6, 6.07) is 17.4. The van der Waals surface area contributed by atoms with Gasteiger partial charge < -0.3 is 9.15 Å². The van der Waals surface area contributed by atoms with Crippen LogP contribution in [0.1, 0.15) is 5.76 Å². The first-order valence-corrected chi connectivity index (χ1v) is 6.08. The lowest BCUT2D eigenvalue weighted by Gasteiger charge is -2.08. The minimum Gasteiger partial charge on any atom is -0.457 e. The maximum Gasteiger partial charge on any atom is 0.230 e. The maximum atomic E-state index is 5.87. The Hall–Kier alpha value is -2.55. The van der Waals surface area contributed by atoms with Crippen molar-refractivity contribution in [1.82, 2.24) is 4.98 Å². The zero-order valence-corrected chi connectivity index (χ0v) is 10.5. The fourth-order valence-corrected chi connectivity index (χ4v) is 1.83. The lowest BCUT2D eigenvalue weighted by atomic mass is 10.2. The molecular weight excluding hydrogens is 238 g/mol. The molecule has 0 aliphatic carbocycles. The minimum absolute atomic E-state index is 0.573. The van der Waals surface area contributed by atoms with Gasteiger partial charge in [0.1, 0.15) is 17.3 Å². The number of rotatable bonds is 3. The van der Waals surface area contributed by atoms with Gasteiger partial charge in [0, 0.05) is 0 Å². The summed E-state index contributed by atoms with van der Waals surface area (Å²) in [5.41, 5.74) is 0.847. The van der Waals surface area contributed by atoms with Gasteiger partial charge in [0.25, 0.3) is 0 Å². The smallest absolute Gasteiger partial charge is 0.230 e. The van der Waals surface area contributed by atoms with E-state index in [1.165, 1.54) is 0 Å². The Morgan fingerprint density at radius 3 is 2.42 bits per heavy atom. The second-order valence-electron chi connectivity index (χ2n) is 4.19. The third-order valence-corrected chi connectivity index (χ3v) is 2.71. The molecule has 94 valence electrons. The summed E-state index contributed by atoms with van der Waals surface area (Å²) in [6.07, 6.45) is 1.70. The molecule has 3 nitrogen and oxygen atoms in total. The number of aryl methyl sites for hydroxylation is 1. The van der Waals surface area contributed by atoms with E-state index in [0.717, 1.165) is 22.8 Å². The van der Waals surface area contributed by atoms with Crippen LogP contribution in [-0.2, 0) is 0 Å². The van der Waals surface area contributed by atoms with Crippen LogP contribution >= 0.6 is 0 Å². The molecule has 0 radical (unpaired) electrons. The standard InChI is InChI=1S/C16H13NO2/c1-12-11-17-16(18-12)14-9-5-6-10-15(14)19-13-7-3-2-4-8-13/h2-11H,1H3. The fourth-order valence-electron chi connectivity index (χ4n) is 1.83. The topological polar surface area (TPSA) is 35.3 Å². The van der Waals surface area contributed by atoms with Crippen molar-refractivity contribution in [2.45, 2.75) is 6.92 Å². The summed E-state index contributed by atoms with van der Waals surface area (Å²) in [6.45, 7) is 1.87. The van der Waals surface area contributed by atoms with Crippen molar-refractivity contribution in [2.24, 2.45) is 0 Å². The van der Waals surface area contributed by atoms with Crippen molar-refractivity contribution in [3.8, 4) is 23.0 Å². The van der Waals surface area contributed by atoms with E-state index in [4.69, 9.17) is 9.15 Å². The Kier molecular flexibility index (Phi) is 3.02. The fraction of sp³-hybridized carbons (Fsp3) is 0.0625. The van der Waals surface area contributed by atoms with Gasteiger partial charge in [-0.05, 0) is 31.2 Å². The number of nitrogens with zero attached hydrogens (tertiary/aromatic N) is 1. The lowest BCUT2D eigenvalue weighted by molar-refractivity contribution is 0.478. The van der Waals surface area contributed by atoms with E-state index >= 15 is 0 Å². The molecule has 0 bridgehead atoms. The number of benzene rings is 2. The van der Waals surface area contributed by atoms with Crippen molar-refractivity contribution in [3.63, 3.8) is 0 Å². The Labute approximate surface area is 111 Å². The SMILES string of the molecule is Cc1cnc(-c2ccccc2Oc2ccccc2)o1. The molecule has 0 saturated heterocycles. The summed E-state index contributed by atoms with van der Waals surface area (Å²) in [5.74, 6) is 2.88. The highest BCUT2D eigenvalue weighted by Crippen LogP contribution is 2.32. The molecule has 0 aliphatic rings. The Morgan fingerprint density at radius 2 is 1.68 bits per heavy atom. The maximum absolute atomic E-state index is 5.87. The monoisotopic (exact) mass is 251 g/mol. The van der Waals surface area contributed by atoms with Gasteiger partial charge in [0.15, 0.2) is 0 Å². The molecule has 1 aromatic heterocycles. The highest BCUT2D eigenvalue weighted by Gasteiger charge is 2.11. The van der Waals surface area contributed by atoms with Crippen molar-refractivity contribution in [1.29, 1.82) is 0 Å². The summed E-state index contributed by atoms with van der Waals surface area (Å²) < 4.78 is 11.4. The highest BCUT2D eigenvalue weighted by atomic mass is 16.5. The molecule has 3 rings (SSSR count). The molecule has 3 aromatic rings. The van der Waals surface area contributed by atoms with E-state index in [1.807, 2.05) is 61.5 Å². The molecule has 0 N–H and O–H groups in total. The van der Waals surface area contributed by atoms with Crippen molar-refractivity contribution in [2.75, 3.05) is 0 Å². The van der Waals surface area contributed by atoms with Crippen LogP contribution < -0.4 is 4.74 Å². The zero-order chi connectivity index (χ0) is 13.1. The predicted molar refractivity (Wildman–Crippen MR) is 73.2 cm³/mol. The van der Waals surface area contributed by atoms with Crippen LogP contribution in [0.15, 0.2) is 65.2 Å². The molecular formula is C16H13NO2. The van der Waals surface area contributed by atoms with E-state index in [0.29, 0.717) is 5.89 Å². The number of hydrogen-bond donors (Lipinski definition) is 0. The molecule has 3 heteroatoms. The zero-order valence-electron chi connectivity index (χ0n) is 10.5. The first kappa shape index (κ1) is 11.5. The first-order valence-electron chi connectivity index (χ1n) is 6.08. The van der Waals surface area contributed by atoms with Gasteiger partial charge >= 0.3 is 0 Å². The van der Waals surface area contributed by atoms with Crippen LogP contribution in [0.3, 0.4) is 0 Å². The molecule has 0 atom stereocenters. The van der Waals surface area contributed by atoms with Crippen LogP contribution in [-0.4, -0.2) is 4.98 Å². The normalized spacial score (nSPS) is 10.4. The third-order valence-electron chi connectivity index (χ3n) is 2.71. The number of aromatic nitrogens is 1. The van der Waals surface area contributed by atoms with Gasteiger partial charge in [0.2, 0.25) is 5.89 Å². The van der Waals surface area contributed by atoms with Crippen LogP contribution in [0, 0.1) is 6.92 Å². The number of para-hydroxylation sites is 2. The number of oxazole rings is 1. The summed E-state index contributed by atoms with van der Waals surface area (Å²) in [5, 5.41) is 0. The largest absolute Gasteiger partial charge is 0.457 e. The Bertz CT molecular complexity index is 674. The average molecular weight is 251 g/mol. The van der Waals surface area contributed by atoms with Gasteiger partial charge in [-0.1, -0.05) is 30.3 Å². The van der Waals surface area contributed by atoms with Crippen LogP contribution in [0.2, 0.25) is 0 Å². The van der Waals surface area contributed by atoms with Crippen molar-refractivity contribution in [3.05, 3.63) is 66.6 Å². The van der Waals surface area contributed by atoms with Crippen molar-refractivity contribution < 1.29 is 9.15 Å². The number of ether oxygens (including phenoxy) is 1. The number of hydrogen-bond acceptors (Lipinski definition) is 3. The van der Waals surface area contributed by atoms with Crippen LogP contribution in [0.25, 0.3) is 11.5 Å². The minimum atomic E-state index is 0.573. The van der Waals surface area contributed by atoms with E-state index in [1.54, 1.807) is 6.20 Å². The second-order valence-corrected chi connectivity index (χ2v) is 4.19. The van der Waals surface area contributed by atoms with Gasteiger partial charge in [-0.15, -0.1) is 0 Å². The molecule has 2 aromatic carbocycles. The van der Waals surface area contributed by atoms with E-state index < -0.39 is 0 Å².